The molecule has 1 aromatic heterocycles. The van der Waals surface area contributed by atoms with Crippen LogP contribution in [0.3, 0.4) is 0 Å². The number of hydrogen-bond acceptors (Lipinski definition) is 5. The predicted octanol–water partition coefficient (Wildman–Crippen LogP) is 1.30. The zero-order valence-electron chi connectivity index (χ0n) is 9.43. The number of fused-ring (bicyclic) bond motifs is 1. The van der Waals surface area contributed by atoms with Crippen molar-refractivity contribution in [2.45, 2.75) is 0 Å². The number of rotatable bonds is 1. The molecule has 18 heavy (non-hydrogen) atoms. The number of aromatic nitrogens is 2. The van der Waals surface area contributed by atoms with Gasteiger partial charge in [-0.3, -0.25) is 0 Å². The van der Waals surface area contributed by atoms with Crippen LogP contribution < -0.4 is 15.2 Å². The Labute approximate surface area is 103 Å². The second kappa shape index (κ2) is 3.96. The number of nitriles is 1. The summed E-state index contributed by atoms with van der Waals surface area (Å²) in [5, 5.41) is 8.82. The van der Waals surface area contributed by atoms with Crippen LogP contribution in [0.25, 0.3) is 11.4 Å². The number of nitrogens with two attached hydrogens (primary N) is 1. The minimum atomic E-state index is 0.197. The van der Waals surface area contributed by atoms with Crippen LogP contribution in [-0.2, 0) is 0 Å². The van der Waals surface area contributed by atoms with E-state index in [0.717, 1.165) is 5.56 Å². The van der Waals surface area contributed by atoms with Crippen molar-refractivity contribution in [3.63, 3.8) is 0 Å². The molecular formula is C12H10N4O2. The Morgan fingerprint density at radius 2 is 2.06 bits per heavy atom. The van der Waals surface area contributed by atoms with Gasteiger partial charge in [-0.25, -0.2) is 4.98 Å². The average molecular weight is 242 g/mol. The van der Waals surface area contributed by atoms with Gasteiger partial charge in [0.1, 0.15) is 25.1 Å². The number of imidazole rings is 1. The lowest BCUT2D eigenvalue weighted by Crippen LogP contribution is -2.15. The number of anilines is 1. The number of nitrogen functional groups attached to an aromatic ring is 1. The molecule has 0 radical (unpaired) electrons. The van der Waals surface area contributed by atoms with Crippen LogP contribution in [0.1, 0.15) is 5.69 Å². The molecule has 0 aliphatic carbocycles. The minimum absolute atomic E-state index is 0.197. The average Bonchev–Trinajstić information content (AvgIpc) is 2.79. The van der Waals surface area contributed by atoms with Crippen molar-refractivity contribution in [1.29, 1.82) is 5.26 Å². The fourth-order valence-corrected chi connectivity index (χ4v) is 1.80. The van der Waals surface area contributed by atoms with E-state index in [1.165, 1.54) is 0 Å². The molecule has 0 unspecified atom stereocenters. The van der Waals surface area contributed by atoms with Gasteiger partial charge in [0.25, 0.3) is 0 Å². The van der Waals surface area contributed by atoms with E-state index in [1.54, 1.807) is 0 Å². The molecule has 0 spiro atoms. The first-order valence-electron chi connectivity index (χ1n) is 5.43. The van der Waals surface area contributed by atoms with Crippen molar-refractivity contribution in [2.75, 3.05) is 18.9 Å². The first-order valence-corrected chi connectivity index (χ1v) is 5.43. The molecule has 1 aliphatic rings. The number of hydrogen-bond donors (Lipinski definition) is 2. The number of aromatic amines is 1. The van der Waals surface area contributed by atoms with Gasteiger partial charge in [-0.2, -0.15) is 5.26 Å². The standard InChI is InChI=1S/C12H10N4O2/c13-6-8-11(14)16-12(15-8)7-1-2-9-10(5-7)18-4-3-17-9/h1-2,5H,3-4,14H2,(H,15,16). The van der Waals surface area contributed by atoms with Gasteiger partial charge in [0, 0.05) is 5.56 Å². The molecule has 3 N–H and O–H groups in total. The van der Waals surface area contributed by atoms with Gasteiger partial charge >= 0.3 is 0 Å². The molecule has 2 heterocycles. The molecule has 0 fully saturated rings. The molecule has 1 aliphatic heterocycles. The highest BCUT2D eigenvalue weighted by Crippen LogP contribution is 2.33. The molecule has 3 rings (SSSR count). The van der Waals surface area contributed by atoms with E-state index in [1.807, 2.05) is 24.3 Å². The third-order valence-electron chi connectivity index (χ3n) is 2.66. The SMILES string of the molecule is N#Cc1[nH]c(-c2ccc3c(c2)OCCO3)nc1N. The summed E-state index contributed by atoms with van der Waals surface area (Å²) >= 11 is 0. The molecular weight excluding hydrogens is 232 g/mol. The Kier molecular flexibility index (Phi) is 2.31. The summed E-state index contributed by atoms with van der Waals surface area (Å²) in [6.45, 7) is 1.08. The molecule has 0 bridgehead atoms. The Balaban J connectivity index is 2.04. The zero-order chi connectivity index (χ0) is 12.5. The lowest BCUT2D eigenvalue weighted by Gasteiger charge is -2.18. The third kappa shape index (κ3) is 1.62. The highest BCUT2D eigenvalue weighted by Gasteiger charge is 2.14. The summed E-state index contributed by atoms with van der Waals surface area (Å²) in [6.07, 6.45) is 0. The fraction of sp³-hybridized carbons (Fsp3) is 0.167. The van der Waals surface area contributed by atoms with Crippen LogP contribution in [0.2, 0.25) is 0 Å². The van der Waals surface area contributed by atoms with Crippen molar-refractivity contribution in [3.05, 3.63) is 23.9 Å². The molecule has 6 nitrogen and oxygen atoms in total. The normalized spacial score (nSPS) is 13.1. The second-order valence-electron chi connectivity index (χ2n) is 3.82. The van der Waals surface area contributed by atoms with Crippen molar-refractivity contribution in [2.24, 2.45) is 0 Å². The summed E-state index contributed by atoms with van der Waals surface area (Å²) < 4.78 is 10.9. The number of ether oxygens (including phenoxy) is 2. The van der Waals surface area contributed by atoms with E-state index in [2.05, 4.69) is 9.97 Å². The van der Waals surface area contributed by atoms with Crippen molar-refractivity contribution >= 4 is 5.82 Å². The van der Waals surface area contributed by atoms with E-state index in [4.69, 9.17) is 20.5 Å². The van der Waals surface area contributed by atoms with Gasteiger partial charge in [-0.15, -0.1) is 0 Å². The van der Waals surface area contributed by atoms with Crippen molar-refractivity contribution in [1.82, 2.24) is 9.97 Å². The number of nitrogens with zero attached hydrogens (tertiary/aromatic N) is 2. The Morgan fingerprint density at radius 1 is 1.28 bits per heavy atom. The van der Waals surface area contributed by atoms with Crippen LogP contribution in [-0.4, -0.2) is 23.2 Å². The highest BCUT2D eigenvalue weighted by atomic mass is 16.6. The van der Waals surface area contributed by atoms with E-state index in [9.17, 15) is 0 Å². The van der Waals surface area contributed by atoms with Crippen LogP contribution in [0.4, 0.5) is 5.82 Å². The topological polar surface area (TPSA) is 97.0 Å². The summed E-state index contributed by atoms with van der Waals surface area (Å²) in [5.74, 6) is 2.13. The van der Waals surface area contributed by atoms with Gasteiger partial charge in [0.05, 0.1) is 0 Å². The predicted molar refractivity (Wildman–Crippen MR) is 64.1 cm³/mol. The molecule has 0 saturated heterocycles. The van der Waals surface area contributed by atoms with Crippen LogP contribution in [0.5, 0.6) is 11.5 Å². The molecule has 0 amide bonds. The maximum absolute atomic E-state index is 8.82. The highest BCUT2D eigenvalue weighted by molar-refractivity contribution is 5.64. The number of benzene rings is 1. The third-order valence-corrected chi connectivity index (χ3v) is 2.66. The van der Waals surface area contributed by atoms with E-state index in [0.29, 0.717) is 30.5 Å². The monoisotopic (exact) mass is 242 g/mol. The van der Waals surface area contributed by atoms with Crippen molar-refractivity contribution in [3.8, 4) is 29.0 Å². The van der Waals surface area contributed by atoms with Crippen LogP contribution in [0, 0.1) is 11.3 Å². The van der Waals surface area contributed by atoms with Gasteiger partial charge < -0.3 is 20.2 Å². The fourth-order valence-electron chi connectivity index (χ4n) is 1.80. The first-order chi connectivity index (χ1) is 8.78. The van der Waals surface area contributed by atoms with E-state index < -0.39 is 0 Å². The zero-order valence-corrected chi connectivity index (χ0v) is 9.43. The minimum Gasteiger partial charge on any atom is -0.486 e. The van der Waals surface area contributed by atoms with Gasteiger partial charge in [-0.05, 0) is 18.2 Å². The second-order valence-corrected chi connectivity index (χ2v) is 3.82. The van der Waals surface area contributed by atoms with Gasteiger partial charge in [0.2, 0.25) is 0 Å². The van der Waals surface area contributed by atoms with Crippen LogP contribution in [0.15, 0.2) is 18.2 Å². The summed E-state index contributed by atoms with van der Waals surface area (Å²) in [7, 11) is 0. The molecule has 90 valence electrons. The summed E-state index contributed by atoms with van der Waals surface area (Å²) in [6, 6.07) is 7.42. The molecule has 1 aromatic carbocycles. The molecule has 0 saturated carbocycles. The van der Waals surface area contributed by atoms with E-state index in [-0.39, 0.29) is 11.5 Å². The molecule has 6 heteroatoms. The van der Waals surface area contributed by atoms with Gasteiger partial charge in [0.15, 0.2) is 23.0 Å². The summed E-state index contributed by atoms with van der Waals surface area (Å²) in [5.41, 5.74) is 6.67. The lowest BCUT2D eigenvalue weighted by molar-refractivity contribution is 0.171. The Bertz CT molecular complexity index is 642. The van der Waals surface area contributed by atoms with Crippen LogP contribution >= 0.6 is 0 Å². The molecule has 0 atom stereocenters. The Morgan fingerprint density at radius 3 is 2.78 bits per heavy atom. The molecule has 2 aromatic rings. The van der Waals surface area contributed by atoms with Gasteiger partial charge in [-0.1, -0.05) is 0 Å². The first kappa shape index (κ1) is 10.5. The maximum atomic E-state index is 8.82. The lowest BCUT2D eigenvalue weighted by atomic mass is 10.2. The summed E-state index contributed by atoms with van der Waals surface area (Å²) in [4.78, 5) is 6.96. The Hall–Kier alpha value is -2.68. The smallest absolute Gasteiger partial charge is 0.162 e. The maximum Gasteiger partial charge on any atom is 0.162 e. The van der Waals surface area contributed by atoms with E-state index >= 15 is 0 Å². The number of H-pyrrole nitrogens is 1. The largest absolute Gasteiger partial charge is 0.486 e. The quantitative estimate of drug-likeness (QED) is 0.785. The van der Waals surface area contributed by atoms with Crippen molar-refractivity contribution < 1.29 is 9.47 Å². The number of nitrogens with one attached hydrogen (secondary N) is 1.